The van der Waals surface area contributed by atoms with E-state index in [0.29, 0.717) is 0 Å². The van der Waals surface area contributed by atoms with Crippen LogP contribution >= 0.6 is 0 Å². The van der Waals surface area contributed by atoms with E-state index in [4.69, 9.17) is 0 Å². The standard InChI is InChI=1S/C12H18FN3/c1-14-10-15-6-8-16(9-7-15)12-4-2-11(13)3-5-12/h2-5,14H,6-10H2,1H3. The average molecular weight is 223 g/mol. The summed E-state index contributed by atoms with van der Waals surface area (Å²) in [6.07, 6.45) is 0. The first kappa shape index (κ1) is 11.4. The number of hydrogen-bond donors (Lipinski definition) is 1. The predicted molar refractivity (Wildman–Crippen MR) is 64.1 cm³/mol. The minimum Gasteiger partial charge on any atom is -0.369 e. The number of nitrogens with zero attached hydrogens (tertiary/aromatic N) is 2. The quantitative estimate of drug-likeness (QED) is 0.828. The van der Waals surface area contributed by atoms with E-state index in [2.05, 4.69) is 15.1 Å². The van der Waals surface area contributed by atoms with Crippen molar-refractivity contribution in [2.75, 3.05) is 44.8 Å². The summed E-state index contributed by atoms with van der Waals surface area (Å²) in [6.45, 7) is 5.06. The Bertz CT molecular complexity index is 318. The third kappa shape index (κ3) is 2.71. The second kappa shape index (κ2) is 5.27. The molecule has 0 aromatic heterocycles. The fraction of sp³-hybridized carbons (Fsp3) is 0.500. The molecule has 4 heteroatoms. The number of hydrogen-bond acceptors (Lipinski definition) is 3. The van der Waals surface area contributed by atoms with Gasteiger partial charge in [-0.15, -0.1) is 0 Å². The molecule has 1 aliphatic rings. The highest BCUT2D eigenvalue weighted by Crippen LogP contribution is 2.16. The highest BCUT2D eigenvalue weighted by atomic mass is 19.1. The molecule has 1 aliphatic heterocycles. The van der Waals surface area contributed by atoms with Crippen LogP contribution in [0.15, 0.2) is 24.3 Å². The van der Waals surface area contributed by atoms with Crippen molar-refractivity contribution >= 4 is 5.69 Å². The van der Waals surface area contributed by atoms with Gasteiger partial charge in [-0.1, -0.05) is 0 Å². The molecule has 16 heavy (non-hydrogen) atoms. The van der Waals surface area contributed by atoms with E-state index in [9.17, 15) is 4.39 Å². The molecule has 0 spiro atoms. The third-order valence-electron chi connectivity index (χ3n) is 2.95. The first-order valence-electron chi connectivity index (χ1n) is 5.67. The lowest BCUT2D eigenvalue weighted by Crippen LogP contribution is -2.48. The van der Waals surface area contributed by atoms with Gasteiger partial charge in [-0.3, -0.25) is 4.90 Å². The van der Waals surface area contributed by atoms with E-state index in [1.165, 1.54) is 12.1 Å². The van der Waals surface area contributed by atoms with Crippen LogP contribution in [0.3, 0.4) is 0 Å². The molecular formula is C12H18FN3. The molecule has 88 valence electrons. The Kier molecular flexibility index (Phi) is 3.74. The van der Waals surface area contributed by atoms with Gasteiger partial charge in [0, 0.05) is 38.5 Å². The smallest absolute Gasteiger partial charge is 0.123 e. The predicted octanol–water partition coefficient (Wildman–Crippen LogP) is 1.12. The number of rotatable bonds is 3. The lowest BCUT2D eigenvalue weighted by atomic mass is 10.2. The first-order chi connectivity index (χ1) is 7.79. The van der Waals surface area contributed by atoms with Gasteiger partial charge in [0.1, 0.15) is 5.82 Å². The van der Waals surface area contributed by atoms with Gasteiger partial charge in [-0.25, -0.2) is 4.39 Å². The van der Waals surface area contributed by atoms with Crippen molar-refractivity contribution in [3.63, 3.8) is 0 Å². The van der Waals surface area contributed by atoms with Crippen molar-refractivity contribution in [3.05, 3.63) is 30.1 Å². The Morgan fingerprint density at radius 3 is 2.31 bits per heavy atom. The second-order valence-electron chi connectivity index (χ2n) is 4.09. The molecule has 0 amide bonds. The lowest BCUT2D eigenvalue weighted by Gasteiger charge is -2.35. The Morgan fingerprint density at radius 1 is 1.12 bits per heavy atom. The average Bonchev–Trinajstić information content (AvgIpc) is 2.32. The summed E-state index contributed by atoms with van der Waals surface area (Å²) >= 11 is 0. The SMILES string of the molecule is CNCN1CCN(c2ccc(F)cc2)CC1. The molecule has 1 aromatic carbocycles. The van der Waals surface area contributed by atoms with Crippen molar-refractivity contribution < 1.29 is 4.39 Å². The van der Waals surface area contributed by atoms with E-state index < -0.39 is 0 Å². The maximum absolute atomic E-state index is 12.8. The highest BCUT2D eigenvalue weighted by Gasteiger charge is 2.16. The van der Waals surface area contributed by atoms with Crippen LogP contribution in [0.25, 0.3) is 0 Å². The minimum absolute atomic E-state index is 0.169. The van der Waals surface area contributed by atoms with Crippen molar-refractivity contribution in [2.45, 2.75) is 0 Å². The van der Waals surface area contributed by atoms with Gasteiger partial charge >= 0.3 is 0 Å². The summed E-state index contributed by atoms with van der Waals surface area (Å²) in [6, 6.07) is 6.75. The number of anilines is 1. The van der Waals surface area contributed by atoms with Gasteiger partial charge in [-0.2, -0.15) is 0 Å². The Morgan fingerprint density at radius 2 is 1.75 bits per heavy atom. The van der Waals surface area contributed by atoms with Gasteiger partial charge in [0.25, 0.3) is 0 Å². The van der Waals surface area contributed by atoms with Crippen LogP contribution in [-0.4, -0.2) is 44.8 Å². The fourth-order valence-electron chi connectivity index (χ4n) is 2.04. The summed E-state index contributed by atoms with van der Waals surface area (Å²) in [5, 5.41) is 3.16. The van der Waals surface area contributed by atoms with Crippen LogP contribution in [0.1, 0.15) is 0 Å². The molecule has 2 rings (SSSR count). The topological polar surface area (TPSA) is 18.5 Å². The van der Waals surface area contributed by atoms with E-state index in [1.807, 2.05) is 19.2 Å². The van der Waals surface area contributed by atoms with E-state index in [0.717, 1.165) is 38.5 Å². The molecule has 1 heterocycles. The zero-order chi connectivity index (χ0) is 11.4. The molecule has 1 saturated heterocycles. The molecule has 0 atom stereocenters. The fourth-order valence-corrected chi connectivity index (χ4v) is 2.04. The van der Waals surface area contributed by atoms with Crippen molar-refractivity contribution in [1.82, 2.24) is 10.2 Å². The summed E-state index contributed by atoms with van der Waals surface area (Å²) in [4.78, 5) is 4.67. The van der Waals surface area contributed by atoms with E-state index in [-0.39, 0.29) is 5.82 Å². The van der Waals surface area contributed by atoms with E-state index in [1.54, 1.807) is 0 Å². The maximum atomic E-state index is 12.8. The van der Waals surface area contributed by atoms with Crippen LogP contribution in [0.5, 0.6) is 0 Å². The maximum Gasteiger partial charge on any atom is 0.123 e. The number of halogens is 1. The summed E-state index contributed by atoms with van der Waals surface area (Å²) in [5.41, 5.74) is 1.12. The zero-order valence-electron chi connectivity index (χ0n) is 9.62. The molecule has 1 fully saturated rings. The Labute approximate surface area is 95.9 Å². The molecule has 0 unspecified atom stereocenters. The zero-order valence-corrected chi connectivity index (χ0v) is 9.62. The van der Waals surface area contributed by atoms with Gasteiger partial charge in [0.05, 0.1) is 0 Å². The number of nitrogens with one attached hydrogen (secondary N) is 1. The number of benzene rings is 1. The molecule has 0 radical (unpaired) electrons. The van der Waals surface area contributed by atoms with Crippen LogP contribution in [0, 0.1) is 5.82 Å². The van der Waals surface area contributed by atoms with Crippen LogP contribution in [0.2, 0.25) is 0 Å². The van der Waals surface area contributed by atoms with Gasteiger partial charge < -0.3 is 10.2 Å². The highest BCUT2D eigenvalue weighted by molar-refractivity contribution is 5.46. The normalized spacial score (nSPS) is 17.8. The first-order valence-corrected chi connectivity index (χ1v) is 5.67. The van der Waals surface area contributed by atoms with Gasteiger partial charge in [0.2, 0.25) is 0 Å². The van der Waals surface area contributed by atoms with Gasteiger partial charge in [-0.05, 0) is 31.3 Å². The molecule has 1 N–H and O–H groups in total. The summed E-state index contributed by atoms with van der Waals surface area (Å²) in [5.74, 6) is -0.169. The van der Waals surface area contributed by atoms with E-state index >= 15 is 0 Å². The van der Waals surface area contributed by atoms with Crippen LogP contribution in [-0.2, 0) is 0 Å². The monoisotopic (exact) mass is 223 g/mol. The Balaban J connectivity index is 1.91. The summed E-state index contributed by atoms with van der Waals surface area (Å²) in [7, 11) is 1.96. The third-order valence-corrected chi connectivity index (χ3v) is 2.95. The second-order valence-corrected chi connectivity index (χ2v) is 4.09. The minimum atomic E-state index is -0.169. The van der Waals surface area contributed by atoms with Crippen molar-refractivity contribution in [1.29, 1.82) is 0 Å². The van der Waals surface area contributed by atoms with Crippen LogP contribution < -0.4 is 10.2 Å². The summed E-state index contributed by atoms with van der Waals surface area (Å²) < 4.78 is 12.8. The largest absolute Gasteiger partial charge is 0.369 e. The molecular weight excluding hydrogens is 205 g/mol. The molecule has 1 aromatic rings. The molecule has 3 nitrogen and oxygen atoms in total. The van der Waals surface area contributed by atoms with Crippen molar-refractivity contribution in [2.24, 2.45) is 0 Å². The number of piperazine rings is 1. The van der Waals surface area contributed by atoms with Gasteiger partial charge in [0.15, 0.2) is 0 Å². The lowest BCUT2D eigenvalue weighted by molar-refractivity contribution is 0.246. The van der Waals surface area contributed by atoms with Crippen LogP contribution in [0.4, 0.5) is 10.1 Å². The van der Waals surface area contributed by atoms with Crippen molar-refractivity contribution in [3.8, 4) is 0 Å². The molecule has 0 aliphatic carbocycles. The molecule has 0 saturated carbocycles. The molecule has 0 bridgehead atoms. The Hall–Kier alpha value is -1.13.